The van der Waals surface area contributed by atoms with Crippen molar-refractivity contribution in [2.45, 2.75) is 18.9 Å². The standard InChI is InChI=1S/C24H22FN7O2/c25-20-15-27-23(28-18-7-11-30(12-8-18)24(34)31-13-9-26-16-31)29-22(20)17-4-3-5-19(14-17)32-10-2-1-6-21(32)33/h1-6,9-10,13-16,18H,7-8,11-12H2,(H,27,28,29). The topological polar surface area (TPSA) is 97.9 Å². The van der Waals surface area contributed by atoms with Gasteiger partial charge >= 0.3 is 6.03 Å². The Morgan fingerprint density at radius 2 is 1.94 bits per heavy atom. The van der Waals surface area contributed by atoms with Gasteiger partial charge in [-0.2, -0.15) is 0 Å². The minimum absolute atomic E-state index is 0.0550. The molecule has 1 saturated heterocycles. The van der Waals surface area contributed by atoms with E-state index in [-0.39, 0.29) is 23.3 Å². The van der Waals surface area contributed by atoms with Gasteiger partial charge in [0.15, 0.2) is 5.82 Å². The maximum atomic E-state index is 14.6. The number of carbonyl (C=O) groups excluding carboxylic acids is 1. The van der Waals surface area contributed by atoms with E-state index in [0.717, 1.165) is 6.20 Å². The van der Waals surface area contributed by atoms with Gasteiger partial charge in [-0.1, -0.05) is 18.2 Å². The maximum absolute atomic E-state index is 14.6. The van der Waals surface area contributed by atoms with Crippen molar-refractivity contribution in [2.24, 2.45) is 0 Å². The van der Waals surface area contributed by atoms with Gasteiger partial charge in [-0.25, -0.2) is 24.1 Å². The number of hydrogen-bond donors (Lipinski definition) is 1. The van der Waals surface area contributed by atoms with E-state index in [9.17, 15) is 14.0 Å². The fourth-order valence-corrected chi connectivity index (χ4v) is 4.02. The molecule has 1 fully saturated rings. The smallest absolute Gasteiger partial charge is 0.329 e. The fourth-order valence-electron chi connectivity index (χ4n) is 4.02. The Morgan fingerprint density at radius 1 is 1.09 bits per heavy atom. The van der Waals surface area contributed by atoms with Crippen molar-refractivity contribution in [1.29, 1.82) is 0 Å². The number of imidazole rings is 1. The summed E-state index contributed by atoms with van der Waals surface area (Å²) in [5, 5.41) is 3.27. The van der Waals surface area contributed by atoms with Crippen LogP contribution in [0.5, 0.6) is 0 Å². The number of rotatable bonds is 4. The highest BCUT2D eigenvalue weighted by Gasteiger charge is 2.24. The number of benzene rings is 1. The van der Waals surface area contributed by atoms with Crippen molar-refractivity contribution in [3.8, 4) is 16.9 Å². The molecule has 1 aliphatic rings. The Labute approximate surface area is 194 Å². The molecular formula is C24H22FN7O2. The van der Waals surface area contributed by atoms with Crippen LogP contribution in [0.2, 0.25) is 0 Å². The molecule has 0 radical (unpaired) electrons. The van der Waals surface area contributed by atoms with E-state index >= 15 is 0 Å². The van der Waals surface area contributed by atoms with Gasteiger partial charge in [0.05, 0.1) is 6.20 Å². The first-order chi connectivity index (χ1) is 16.6. The molecule has 1 aliphatic heterocycles. The highest BCUT2D eigenvalue weighted by molar-refractivity contribution is 5.76. The van der Waals surface area contributed by atoms with Crippen LogP contribution in [-0.2, 0) is 0 Å². The van der Waals surface area contributed by atoms with E-state index in [0.29, 0.717) is 43.1 Å². The number of nitrogens with zero attached hydrogens (tertiary/aromatic N) is 6. The number of hydrogen-bond acceptors (Lipinski definition) is 6. The van der Waals surface area contributed by atoms with E-state index in [4.69, 9.17) is 0 Å². The highest BCUT2D eigenvalue weighted by atomic mass is 19.1. The Morgan fingerprint density at radius 3 is 2.71 bits per heavy atom. The second kappa shape index (κ2) is 9.26. The van der Waals surface area contributed by atoms with E-state index < -0.39 is 5.82 Å². The highest BCUT2D eigenvalue weighted by Crippen LogP contribution is 2.24. The lowest BCUT2D eigenvalue weighted by Crippen LogP contribution is -2.44. The molecule has 9 nitrogen and oxygen atoms in total. The summed E-state index contributed by atoms with van der Waals surface area (Å²) in [5.41, 5.74) is 1.13. The molecule has 0 atom stereocenters. The van der Waals surface area contributed by atoms with Gasteiger partial charge in [0.25, 0.3) is 5.56 Å². The third-order valence-electron chi connectivity index (χ3n) is 5.79. The summed E-state index contributed by atoms with van der Waals surface area (Å²) >= 11 is 0. The van der Waals surface area contributed by atoms with Crippen LogP contribution in [0.3, 0.4) is 0 Å². The van der Waals surface area contributed by atoms with E-state index in [1.54, 1.807) is 59.9 Å². The van der Waals surface area contributed by atoms with Crippen molar-refractivity contribution in [2.75, 3.05) is 18.4 Å². The van der Waals surface area contributed by atoms with Gasteiger partial charge in [-0.15, -0.1) is 0 Å². The SMILES string of the molecule is O=C(N1CCC(Nc2ncc(F)c(-c3cccc(-n4ccccc4=O)c3)n2)CC1)n1ccnc1. The molecule has 1 amide bonds. The number of carbonyl (C=O) groups is 1. The summed E-state index contributed by atoms with van der Waals surface area (Å²) < 4.78 is 17.6. The number of aromatic nitrogens is 5. The fraction of sp³-hybridized carbons (Fsp3) is 0.208. The Hall–Kier alpha value is -4.34. The summed E-state index contributed by atoms with van der Waals surface area (Å²) in [6.45, 7) is 1.16. The van der Waals surface area contributed by atoms with Crippen molar-refractivity contribution in [3.63, 3.8) is 0 Å². The van der Waals surface area contributed by atoms with E-state index in [1.807, 2.05) is 0 Å². The van der Waals surface area contributed by atoms with Crippen LogP contribution in [0.25, 0.3) is 16.9 Å². The van der Waals surface area contributed by atoms with Crippen molar-refractivity contribution in [3.05, 3.63) is 89.8 Å². The number of amides is 1. The average molecular weight is 459 g/mol. The van der Waals surface area contributed by atoms with Crippen molar-refractivity contribution >= 4 is 12.0 Å². The second-order valence-electron chi connectivity index (χ2n) is 8.01. The van der Waals surface area contributed by atoms with Gasteiger partial charge in [-0.3, -0.25) is 13.9 Å². The zero-order valence-corrected chi connectivity index (χ0v) is 18.2. The molecule has 4 aromatic rings. The Balaban J connectivity index is 1.31. The lowest BCUT2D eigenvalue weighted by molar-refractivity contribution is 0.185. The van der Waals surface area contributed by atoms with E-state index in [1.165, 1.54) is 21.5 Å². The molecule has 3 aromatic heterocycles. The molecule has 10 heteroatoms. The molecule has 0 spiro atoms. The van der Waals surface area contributed by atoms with Crippen LogP contribution in [0, 0.1) is 5.82 Å². The molecule has 0 unspecified atom stereocenters. The van der Waals surface area contributed by atoms with E-state index in [2.05, 4.69) is 20.3 Å². The van der Waals surface area contributed by atoms with Crippen molar-refractivity contribution < 1.29 is 9.18 Å². The maximum Gasteiger partial charge on any atom is 0.329 e. The molecule has 172 valence electrons. The first-order valence-corrected chi connectivity index (χ1v) is 10.9. The van der Waals surface area contributed by atoms with Gasteiger partial charge in [0, 0.05) is 55.0 Å². The zero-order chi connectivity index (χ0) is 23.5. The Bertz CT molecular complexity index is 1360. The lowest BCUT2D eigenvalue weighted by atomic mass is 10.1. The van der Waals surface area contributed by atoms with Crippen LogP contribution in [-0.4, -0.2) is 54.1 Å². The number of halogens is 1. The number of anilines is 1. The number of nitrogens with one attached hydrogen (secondary N) is 1. The zero-order valence-electron chi connectivity index (χ0n) is 18.2. The summed E-state index contributed by atoms with van der Waals surface area (Å²) in [4.78, 5) is 38.8. The molecule has 0 bridgehead atoms. The monoisotopic (exact) mass is 459 g/mol. The van der Waals surface area contributed by atoms with Crippen LogP contribution >= 0.6 is 0 Å². The summed E-state index contributed by atoms with van der Waals surface area (Å²) in [6, 6.07) is 11.8. The largest absolute Gasteiger partial charge is 0.351 e. The van der Waals surface area contributed by atoms with Crippen LogP contribution in [0.1, 0.15) is 12.8 Å². The van der Waals surface area contributed by atoms with Crippen molar-refractivity contribution in [1.82, 2.24) is 29.0 Å². The van der Waals surface area contributed by atoms with Gasteiger partial charge in [0.1, 0.15) is 12.0 Å². The lowest BCUT2D eigenvalue weighted by Gasteiger charge is -2.32. The number of likely N-dealkylation sites (tertiary alicyclic amines) is 1. The molecule has 4 heterocycles. The Kier molecular flexibility index (Phi) is 5.86. The first kappa shape index (κ1) is 21.5. The minimum atomic E-state index is -0.552. The summed E-state index contributed by atoms with van der Waals surface area (Å²) in [6.07, 6.45) is 8.92. The normalized spacial score (nSPS) is 14.2. The molecule has 0 aliphatic carbocycles. The molecule has 5 rings (SSSR count). The second-order valence-corrected chi connectivity index (χ2v) is 8.01. The molecule has 34 heavy (non-hydrogen) atoms. The summed E-state index contributed by atoms with van der Waals surface area (Å²) in [5.74, 6) is -0.234. The summed E-state index contributed by atoms with van der Waals surface area (Å²) in [7, 11) is 0. The van der Waals surface area contributed by atoms with Crippen LogP contribution in [0.4, 0.5) is 15.1 Å². The van der Waals surface area contributed by atoms with Gasteiger partial charge < -0.3 is 10.2 Å². The first-order valence-electron chi connectivity index (χ1n) is 10.9. The quantitative estimate of drug-likeness (QED) is 0.503. The number of piperidine rings is 1. The average Bonchev–Trinajstić information content (AvgIpc) is 3.41. The predicted molar refractivity (Wildman–Crippen MR) is 124 cm³/mol. The third-order valence-corrected chi connectivity index (χ3v) is 5.79. The van der Waals surface area contributed by atoms with Crippen LogP contribution in [0.15, 0.2) is 78.4 Å². The third kappa shape index (κ3) is 4.42. The molecule has 0 saturated carbocycles. The van der Waals surface area contributed by atoms with Gasteiger partial charge in [0.2, 0.25) is 5.95 Å². The molecular weight excluding hydrogens is 437 g/mol. The number of pyridine rings is 1. The molecule has 1 aromatic carbocycles. The minimum Gasteiger partial charge on any atom is -0.351 e. The van der Waals surface area contributed by atoms with Crippen LogP contribution < -0.4 is 10.9 Å². The molecule has 1 N–H and O–H groups in total. The predicted octanol–water partition coefficient (Wildman–Crippen LogP) is 3.17. The van der Waals surface area contributed by atoms with Gasteiger partial charge in [-0.05, 0) is 31.0 Å².